The fourth-order valence-corrected chi connectivity index (χ4v) is 4.98. The summed E-state index contributed by atoms with van der Waals surface area (Å²) in [5.41, 5.74) is 0. The fourth-order valence-electron chi connectivity index (χ4n) is 3.23. The lowest BCUT2D eigenvalue weighted by Crippen LogP contribution is -2.53. The van der Waals surface area contributed by atoms with Gasteiger partial charge in [0.05, 0.1) is 4.90 Å². The van der Waals surface area contributed by atoms with Crippen LogP contribution < -0.4 is 5.32 Å². The summed E-state index contributed by atoms with van der Waals surface area (Å²) in [5, 5.41) is 5.87. The molecule has 0 aromatic heterocycles. The van der Waals surface area contributed by atoms with Gasteiger partial charge < -0.3 is 15.0 Å². The average molecular weight is 422 g/mol. The standard InChI is InChI=1S/C20H27N3O3S2/c1-2-26-15-5-10-21-20(27)22-11-13-23(14-12-22)28(24,25)19-9-8-17-6-3-4-7-18(17)16-19/h3-4,6-9,16H,2,5,10-15H2,1H3,(H,21,27). The fraction of sp³-hybridized carbons (Fsp3) is 0.450. The first-order valence-electron chi connectivity index (χ1n) is 9.62. The predicted octanol–water partition coefficient (Wildman–Crippen LogP) is 2.45. The lowest BCUT2D eigenvalue weighted by atomic mass is 10.1. The van der Waals surface area contributed by atoms with E-state index in [4.69, 9.17) is 17.0 Å². The van der Waals surface area contributed by atoms with E-state index in [2.05, 4.69) is 5.32 Å². The number of fused-ring (bicyclic) bond motifs is 1. The van der Waals surface area contributed by atoms with Crippen molar-refractivity contribution >= 4 is 38.1 Å². The van der Waals surface area contributed by atoms with Crippen molar-refractivity contribution in [2.75, 3.05) is 45.9 Å². The van der Waals surface area contributed by atoms with Crippen molar-refractivity contribution in [1.82, 2.24) is 14.5 Å². The van der Waals surface area contributed by atoms with Crippen LogP contribution in [0.25, 0.3) is 10.8 Å². The van der Waals surface area contributed by atoms with Crippen LogP contribution in [0.2, 0.25) is 0 Å². The van der Waals surface area contributed by atoms with Gasteiger partial charge in [0.25, 0.3) is 0 Å². The molecule has 0 amide bonds. The summed E-state index contributed by atoms with van der Waals surface area (Å²) in [4.78, 5) is 2.37. The van der Waals surface area contributed by atoms with Crippen LogP contribution >= 0.6 is 12.2 Å². The number of hydrogen-bond donors (Lipinski definition) is 1. The van der Waals surface area contributed by atoms with E-state index in [0.717, 1.165) is 30.3 Å². The number of nitrogens with zero attached hydrogens (tertiary/aromatic N) is 2. The van der Waals surface area contributed by atoms with Crippen molar-refractivity contribution in [3.05, 3.63) is 42.5 Å². The third kappa shape index (κ3) is 5.00. The summed E-state index contributed by atoms with van der Waals surface area (Å²) in [5.74, 6) is 0. The molecule has 2 aromatic carbocycles. The van der Waals surface area contributed by atoms with Crippen molar-refractivity contribution in [1.29, 1.82) is 0 Å². The molecule has 8 heteroatoms. The Kier molecular flexibility index (Phi) is 7.23. The highest BCUT2D eigenvalue weighted by atomic mass is 32.2. The summed E-state index contributed by atoms with van der Waals surface area (Å²) in [6, 6.07) is 13.1. The Hall–Kier alpha value is -1.74. The Labute approximate surface area is 172 Å². The zero-order valence-electron chi connectivity index (χ0n) is 16.1. The second kappa shape index (κ2) is 9.65. The van der Waals surface area contributed by atoms with Gasteiger partial charge in [-0.3, -0.25) is 0 Å². The largest absolute Gasteiger partial charge is 0.382 e. The van der Waals surface area contributed by atoms with Gasteiger partial charge in [-0.1, -0.05) is 30.3 Å². The number of sulfonamides is 1. The average Bonchev–Trinajstić information content (AvgIpc) is 2.73. The molecule has 1 aliphatic rings. The van der Waals surface area contributed by atoms with Gasteiger partial charge in [0.2, 0.25) is 10.0 Å². The van der Waals surface area contributed by atoms with E-state index >= 15 is 0 Å². The van der Waals surface area contributed by atoms with Gasteiger partial charge >= 0.3 is 0 Å². The lowest BCUT2D eigenvalue weighted by Gasteiger charge is -2.35. The molecule has 1 fully saturated rings. The van der Waals surface area contributed by atoms with Crippen molar-refractivity contribution in [3.63, 3.8) is 0 Å². The summed E-state index contributed by atoms with van der Waals surface area (Å²) in [6.07, 6.45) is 0.893. The minimum absolute atomic E-state index is 0.344. The van der Waals surface area contributed by atoms with Crippen molar-refractivity contribution < 1.29 is 13.2 Å². The van der Waals surface area contributed by atoms with E-state index in [9.17, 15) is 8.42 Å². The number of ether oxygens (including phenoxy) is 1. The summed E-state index contributed by atoms with van der Waals surface area (Å²) in [7, 11) is -3.50. The minimum Gasteiger partial charge on any atom is -0.382 e. The smallest absolute Gasteiger partial charge is 0.243 e. The van der Waals surface area contributed by atoms with E-state index < -0.39 is 10.0 Å². The molecule has 1 heterocycles. The van der Waals surface area contributed by atoms with Gasteiger partial charge in [0.15, 0.2) is 5.11 Å². The van der Waals surface area contributed by atoms with Gasteiger partial charge in [0, 0.05) is 45.9 Å². The maximum atomic E-state index is 13.0. The first-order valence-corrected chi connectivity index (χ1v) is 11.5. The number of hydrogen-bond acceptors (Lipinski definition) is 4. The molecule has 152 valence electrons. The third-order valence-electron chi connectivity index (χ3n) is 4.83. The summed E-state index contributed by atoms with van der Waals surface area (Å²) >= 11 is 5.44. The SMILES string of the molecule is CCOCCCNC(=S)N1CCN(S(=O)(=O)c2ccc3ccccc3c2)CC1. The Bertz CT molecular complexity index is 910. The van der Waals surface area contributed by atoms with Crippen LogP contribution in [0.3, 0.4) is 0 Å². The van der Waals surface area contributed by atoms with Gasteiger partial charge in [-0.15, -0.1) is 0 Å². The van der Waals surface area contributed by atoms with E-state index in [1.807, 2.05) is 42.2 Å². The van der Waals surface area contributed by atoms with Gasteiger partial charge in [-0.25, -0.2) is 8.42 Å². The van der Waals surface area contributed by atoms with Crippen LogP contribution in [0.4, 0.5) is 0 Å². The molecule has 0 aliphatic carbocycles. The van der Waals surface area contributed by atoms with Gasteiger partial charge in [-0.05, 0) is 48.5 Å². The van der Waals surface area contributed by atoms with Crippen molar-refractivity contribution in [3.8, 4) is 0 Å². The molecule has 0 radical (unpaired) electrons. The number of nitrogens with one attached hydrogen (secondary N) is 1. The first kappa shape index (κ1) is 21.0. The Balaban J connectivity index is 1.56. The normalized spacial score (nSPS) is 15.7. The molecule has 2 aromatic rings. The highest BCUT2D eigenvalue weighted by molar-refractivity contribution is 7.89. The molecular formula is C20H27N3O3S2. The van der Waals surface area contributed by atoms with Crippen LogP contribution in [0.1, 0.15) is 13.3 Å². The molecule has 0 spiro atoms. The molecule has 1 saturated heterocycles. The molecule has 0 unspecified atom stereocenters. The van der Waals surface area contributed by atoms with E-state index in [-0.39, 0.29) is 0 Å². The lowest BCUT2D eigenvalue weighted by molar-refractivity contribution is 0.145. The predicted molar refractivity (Wildman–Crippen MR) is 116 cm³/mol. The topological polar surface area (TPSA) is 61.9 Å². The Morgan fingerprint density at radius 3 is 2.54 bits per heavy atom. The second-order valence-electron chi connectivity index (χ2n) is 6.68. The molecule has 3 rings (SSSR count). The zero-order chi connectivity index (χ0) is 20.0. The molecule has 0 atom stereocenters. The molecule has 6 nitrogen and oxygen atoms in total. The number of benzene rings is 2. The monoisotopic (exact) mass is 421 g/mol. The molecule has 0 bridgehead atoms. The molecule has 1 N–H and O–H groups in total. The van der Waals surface area contributed by atoms with Crippen LogP contribution in [0.5, 0.6) is 0 Å². The Morgan fingerprint density at radius 2 is 1.82 bits per heavy atom. The van der Waals surface area contributed by atoms with Crippen LogP contribution in [0, 0.1) is 0 Å². The molecule has 0 saturated carbocycles. The van der Waals surface area contributed by atoms with Crippen LogP contribution in [0.15, 0.2) is 47.4 Å². The molecular weight excluding hydrogens is 394 g/mol. The molecule has 1 aliphatic heterocycles. The summed E-state index contributed by atoms with van der Waals surface area (Å²) < 4.78 is 32.9. The number of piperazine rings is 1. The molecule has 28 heavy (non-hydrogen) atoms. The number of thiocarbonyl (C=S) groups is 1. The van der Waals surface area contributed by atoms with E-state index in [0.29, 0.717) is 42.8 Å². The van der Waals surface area contributed by atoms with Crippen molar-refractivity contribution in [2.24, 2.45) is 0 Å². The van der Waals surface area contributed by atoms with Crippen LogP contribution in [-0.2, 0) is 14.8 Å². The maximum Gasteiger partial charge on any atom is 0.243 e. The number of rotatable bonds is 7. The summed E-state index contributed by atoms with van der Waals surface area (Å²) in [6.45, 7) is 6.19. The van der Waals surface area contributed by atoms with Gasteiger partial charge in [-0.2, -0.15) is 4.31 Å². The highest BCUT2D eigenvalue weighted by Gasteiger charge is 2.29. The zero-order valence-corrected chi connectivity index (χ0v) is 17.8. The minimum atomic E-state index is -3.50. The quantitative estimate of drug-likeness (QED) is 0.547. The second-order valence-corrected chi connectivity index (χ2v) is 9.01. The third-order valence-corrected chi connectivity index (χ3v) is 7.13. The maximum absolute atomic E-state index is 13.0. The highest BCUT2D eigenvalue weighted by Crippen LogP contribution is 2.22. The Morgan fingerprint density at radius 1 is 1.11 bits per heavy atom. The van der Waals surface area contributed by atoms with E-state index in [1.54, 1.807) is 16.4 Å². The van der Waals surface area contributed by atoms with Crippen molar-refractivity contribution in [2.45, 2.75) is 18.2 Å². The first-order chi connectivity index (χ1) is 13.5. The van der Waals surface area contributed by atoms with Gasteiger partial charge in [0.1, 0.15) is 0 Å². The van der Waals surface area contributed by atoms with Crippen LogP contribution in [-0.4, -0.2) is 68.7 Å². The van der Waals surface area contributed by atoms with E-state index in [1.165, 1.54) is 0 Å².